The van der Waals surface area contributed by atoms with E-state index in [2.05, 4.69) is 127 Å². The van der Waals surface area contributed by atoms with Crippen LogP contribution in [0.1, 0.15) is 26.7 Å². The highest BCUT2D eigenvalue weighted by atomic mass is 79.9. The Morgan fingerprint density at radius 2 is 2.03 bits per heavy atom. The van der Waals surface area contributed by atoms with Crippen molar-refractivity contribution in [1.29, 1.82) is 0 Å². The van der Waals surface area contributed by atoms with Gasteiger partial charge in [-0.2, -0.15) is 0 Å². The third kappa shape index (κ3) is 6.18. The van der Waals surface area contributed by atoms with Crippen LogP contribution in [0, 0.1) is 0 Å². The van der Waals surface area contributed by atoms with Gasteiger partial charge in [0.1, 0.15) is 0 Å². The average molecular weight is 464 g/mol. The number of hydrogen-bond acceptors (Lipinski definition) is 0. The fourth-order valence-electron chi connectivity index (χ4n) is 3.67. The number of rotatable bonds is 9. The topological polar surface area (TPSA) is 0 Å². The van der Waals surface area contributed by atoms with E-state index in [0.29, 0.717) is 4.83 Å². The van der Waals surface area contributed by atoms with Gasteiger partial charge in [-0.25, -0.2) is 0 Å². The molecule has 0 aromatic heterocycles. The van der Waals surface area contributed by atoms with Crippen LogP contribution in [0.4, 0.5) is 0 Å². The van der Waals surface area contributed by atoms with E-state index in [4.69, 9.17) is 0 Å². The van der Waals surface area contributed by atoms with Crippen LogP contribution >= 0.6 is 15.9 Å². The van der Waals surface area contributed by atoms with E-state index < -0.39 is 8.07 Å². The van der Waals surface area contributed by atoms with Crippen LogP contribution in [0.25, 0.3) is 0 Å². The van der Waals surface area contributed by atoms with Gasteiger partial charge in [-0.15, -0.1) is 5.73 Å². The van der Waals surface area contributed by atoms with Crippen molar-refractivity contribution in [2.45, 2.75) is 37.6 Å². The summed E-state index contributed by atoms with van der Waals surface area (Å²) in [7, 11) is -2.27. The van der Waals surface area contributed by atoms with Gasteiger partial charge in [0.2, 0.25) is 0 Å². The average Bonchev–Trinajstić information content (AvgIpc) is 2.96. The molecule has 0 spiro atoms. The van der Waals surface area contributed by atoms with E-state index in [1.807, 2.05) is 12.2 Å². The van der Waals surface area contributed by atoms with Gasteiger partial charge in [-0.3, -0.25) is 0 Å². The van der Waals surface area contributed by atoms with Crippen LogP contribution in [-0.2, 0) is 0 Å². The Labute approximate surface area is 186 Å². The van der Waals surface area contributed by atoms with Gasteiger partial charge >= 0.3 is 0 Å². The van der Waals surface area contributed by atoms with Crippen molar-refractivity contribution in [3.63, 3.8) is 0 Å². The van der Waals surface area contributed by atoms with Crippen molar-refractivity contribution in [2.75, 3.05) is 0 Å². The summed E-state index contributed by atoms with van der Waals surface area (Å²) in [5, 5.41) is 4.20. The maximum Gasteiger partial charge on any atom is 0.161 e. The zero-order chi connectivity index (χ0) is 21.0. The highest BCUT2D eigenvalue weighted by Crippen LogP contribution is 2.32. The Morgan fingerprint density at radius 1 is 1.24 bits per heavy atom. The molecule has 0 saturated heterocycles. The van der Waals surface area contributed by atoms with Crippen molar-refractivity contribution in [3.8, 4) is 0 Å². The predicted molar refractivity (Wildman–Crippen MR) is 136 cm³/mol. The van der Waals surface area contributed by atoms with E-state index >= 15 is 0 Å². The van der Waals surface area contributed by atoms with Gasteiger partial charge in [0.15, 0.2) is 8.07 Å². The molecule has 0 bridgehead atoms. The van der Waals surface area contributed by atoms with Crippen LogP contribution in [0.2, 0.25) is 6.04 Å². The Hall–Kier alpha value is -2.12. The smallest absolute Gasteiger partial charge is 0.125 e. The van der Waals surface area contributed by atoms with Crippen molar-refractivity contribution in [3.05, 3.63) is 120 Å². The fourth-order valence-corrected chi connectivity index (χ4v) is 8.64. The molecule has 0 saturated carbocycles. The zero-order valence-corrected chi connectivity index (χ0v) is 20.1. The minimum atomic E-state index is -2.27. The summed E-state index contributed by atoms with van der Waals surface area (Å²) in [4.78, 5) is 0.362. The molecule has 29 heavy (non-hydrogen) atoms. The first-order valence-corrected chi connectivity index (χ1v) is 13.4. The second-order valence-corrected chi connectivity index (χ2v) is 12.1. The Bertz CT molecular complexity index is 876. The van der Waals surface area contributed by atoms with Gasteiger partial charge in [0.05, 0.1) is 0 Å². The molecular weight excluding hydrogens is 432 g/mol. The van der Waals surface area contributed by atoms with Gasteiger partial charge in [0.25, 0.3) is 0 Å². The number of hydrogen-bond donors (Lipinski definition) is 0. The van der Waals surface area contributed by atoms with Crippen LogP contribution in [-0.4, -0.2) is 12.9 Å². The molecule has 1 aliphatic carbocycles. The molecule has 2 heteroatoms. The maximum absolute atomic E-state index is 3.76. The minimum absolute atomic E-state index is 0.362. The summed E-state index contributed by atoms with van der Waals surface area (Å²) in [6.45, 7) is 8.09. The molecule has 0 fully saturated rings. The third-order valence-electron chi connectivity index (χ3n) is 4.98. The van der Waals surface area contributed by atoms with Crippen molar-refractivity contribution in [1.82, 2.24) is 0 Å². The van der Waals surface area contributed by atoms with Crippen molar-refractivity contribution in [2.24, 2.45) is 0 Å². The lowest BCUT2D eigenvalue weighted by atomic mass is 10.3. The lowest BCUT2D eigenvalue weighted by Gasteiger charge is -2.33. The van der Waals surface area contributed by atoms with E-state index in [-0.39, 0.29) is 0 Å². The number of alkyl halides is 1. The molecule has 150 valence electrons. The molecule has 0 aliphatic heterocycles. The summed E-state index contributed by atoms with van der Waals surface area (Å²) < 4.78 is 0. The van der Waals surface area contributed by atoms with Crippen LogP contribution in [0.15, 0.2) is 120 Å². The predicted octanol–water partition coefficient (Wildman–Crippen LogP) is 7.44. The van der Waals surface area contributed by atoms with Crippen molar-refractivity contribution >= 4 is 29.2 Å². The molecule has 1 aliphatic rings. The standard InChI is InChI=1S/C27H31BrSi/c1-4-7-8-9-13-23-29(25(15-5-2)16-6-3,26-18-11-10-12-19-26)27-20-14-17-24(28)21-22-27/h4-5,7-16,18-19,21-22,24H,1,6,17,23H2,2-3H3/b8-7-,13-9-,15-5-,25-16+. The van der Waals surface area contributed by atoms with E-state index in [1.165, 1.54) is 15.6 Å². The van der Waals surface area contributed by atoms with E-state index in [0.717, 1.165) is 18.9 Å². The van der Waals surface area contributed by atoms with Crippen LogP contribution < -0.4 is 5.19 Å². The fraction of sp³-hybridized carbons (Fsp3) is 0.222. The van der Waals surface area contributed by atoms with E-state index in [9.17, 15) is 0 Å². The molecule has 2 unspecified atom stereocenters. The SMILES string of the molecule is C=C/C=C\C=C/C[Si](C1=C=CCC(Br)C=C1)(C(/C=C\C)=C/CC)c1ccccc1. The summed E-state index contributed by atoms with van der Waals surface area (Å²) in [5.41, 5.74) is 3.69. The third-order valence-corrected chi connectivity index (χ3v) is 10.4. The first-order valence-electron chi connectivity index (χ1n) is 10.3. The van der Waals surface area contributed by atoms with Crippen LogP contribution in [0.5, 0.6) is 0 Å². The van der Waals surface area contributed by atoms with Crippen LogP contribution in [0.3, 0.4) is 0 Å². The second kappa shape index (κ2) is 12.4. The van der Waals surface area contributed by atoms with Gasteiger partial charge < -0.3 is 0 Å². The second-order valence-electron chi connectivity index (χ2n) is 6.96. The maximum atomic E-state index is 3.76. The highest BCUT2D eigenvalue weighted by molar-refractivity contribution is 9.09. The summed E-state index contributed by atoms with van der Waals surface area (Å²) in [6.07, 6.45) is 25.9. The largest absolute Gasteiger partial charge is 0.161 e. The Balaban J connectivity index is 2.77. The van der Waals surface area contributed by atoms with Crippen molar-refractivity contribution < 1.29 is 0 Å². The normalized spacial score (nSPS) is 19.6. The number of halogens is 1. The molecule has 2 atom stereocenters. The molecule has 1 aromatic rings. The van der Waals surface area contributed by atoms with E-state index in [1.54, 1.807) is 0 Å². The molecule has 0 N–H and O–H groups in total. The highest BCUT2D eigenvalue weighted by Gasteiger charge is 2.40. The molecule has 0 heterocycles. The number of allylic oxidation sites excluding steroid dienone is 12. The quantitative estimate of drug-likeness (QED) is 0.155. The summed E-state index contributed by atoms with van der Waals surface area (Å²) in [6, 6.07) is 12.0. The molecule has 0 amide bonds. The summed E-state index contributed by atoms with van der Waals surface area (Å²) >= 11 is 3.75. The molecule has 0 nitrogen and oxygen atoms in total. The molecule has 1 aromatic carbocycles. The monoisotopic (exact) mass is 462 g/mol. The minimum Gasteiger partial charge on any atom is -0.125 e. The lowest BCUT2D eigenvalue weighted by Crippen LogP contribution is -2.51. The Morgan fingerprint density at radius 3 is 2.72 bits per heavy atom. The lowest BCUT2D eigenvalue weighted by molar-refractivity contribution is 1.10. The summed E-state index contributed by atoms with van der Waals surface area (Å²) in [5.74, 6) is 0. The molecule has 2 rings (SSSR count). The first kappa shape index (κ1) is 23.2. The Kier molecular flexibility index (Phi) is 9.94. The number of benzene rings is 1. The van der Waals surface area contributed by atoms with Gasteiger partial charge in [-0.1, -0.05) is 126 Å². The van der Waals surface area contributed by atoms with Gasteiger partial charge in [-0.05, 0) is 42.3 Å². The van der Waals surface area contributed by atoms with Gasteiger partial charge in [0, 0.05) is 4.83 Å². The first-order chi connectivity index (χ1) is 14.2. The molecule has 0 radical (unpaired) electrons. The zero-order valence-electron chi connectivity index (χ0n) is 17.5. The molecular formula is C27H31BrSi.